The van der Waals surface area contributed by atoms with Gasteiger partial charge in [0, 0.05) is 5.92 Å². The smallest absolute Gasteiger partial charge is 0.122 e. The van der Waals surface area contributed by atoms with E-state index in [2.05, 4.69) is 46.8 Å². The summed E-state index contributed by atoms with van der Waals surface area (Å²) in [5, 5.41) is 0. The highest BCUT2D eigenvalue weighted by Crippen LogP contribution is 2.31. The van der Waals surface area contributed by atoms with Crippen LogP contribution in [0.15, 0.2) is 12.1 Å². The van der Waals surface area contributed by atoms with Crippen molar-refractivity contribution in [3.05, 3.63) is 28.8 Å². The molecule has 3 heteroatoms. The van der Waals surface area contributed by atoms with Crippen LogP contribution in [0.2, 0.25) is 0 Å². The summed E-state index contributed by atoms with van der Waals surface area (Å²) < 4.78 is 5.76. The summed E-state index contributed by atoms with van der Waals surface area (Å²) in [6.45, 7) is 11.4. The molecule has 2 unspecified atom stereocenters. The Morgan fingerprint density at radius 2 is 1.89 bits per heavy atom. The minimum atomic E-state index is 0.204. The van der Waals surface area contributed by atoms with Crippen LogP contribution in [-0.2, 0) is 0 Å². The number of nitrogens with two attached hydrogens (primary N) is 1. The number of ether oxygens (including phenoxy) is 1. The van der Waals surface area contributed by atoms with E-state index in [9.17, 15) is 0 Å². The van der Waals surface area contributed by atoms with Crippen molar-refractivity contribution in [1.29, 1.82) is 0 Å². The van der Waals surface area contributed by atoms with E-state index in [1.807, 2.05) is 0 Å². The molecule has 19 heavy (non-hydrogen) atoms. The van der Waals surface area contributed by atoms with Gasteiger partial charge >= 0.3 is 0 Å². The molecule has 0 saturated carbocycles. The second-order valence-electron chi connectivity index (χ2n) is 5.30. The van der Waals surface area contributed by atoms with Crippen LogP contribution in [0.3, 0.4) is 0 Å². The van der Waals surface area contributed by atoms with Gasteiger partial charge in [-0.2, -0.15) is 0 Å². The maximum atomic E-state index is 5.76. The topological polar surface area (TPSA) is 35.2 Å². The Labute approximate surface area is 122 Å². The van der Waals surface area contributed by atoms with Crippen molar-refractivity contribution < 1.29 is 4.74 Å². The lowest BCUT2D eigenvalue weighted by atomic mass is 9.85. The second-order valence-corrected chi connectivity index (χ2v) is 5.77. The summed E-state index contributed by atoms with van der Waals surface area (Å²) >= 11 is 5.11. The first-order valence-electron chi connectivity index (χ1n) is 6.91. The van der Waals surface area contributed by atoms with E-state index in [-0.39, 0.29) is 5.92 Å². The maximum absolute atomic E-state index is 5.76. The zero-order chi connectivity index (χ0) is 14.6. The molecule has 2 atom stereocenters. The van der Waals surface area contributed by atoms with Crippen LogP contribution in [-0.4, -0.2) is 11.6 Å². The van der Waals surface area contributed by atoms with Crippen LogP contribution in [0.1, 0.15) is 49.8 Å². The highest BCUT2D eigenvalue weighted by molar-refractivity contribution is 7.80. The van der Waals surface area contributed by atoms with Crippen molar-refractivity contribution in [2.75, 3.05) is 6.61 Å². The lowest BCUT2D eigenvalue weighted by Crippen LogP contribution is -2.23. The third-order valence-corrected chi connectivity index (χ3v) is 4.09. The first kappa shape index (κ1) is 16.0. The molecule has 2 nitrogen and oxygen atoms in total. The van der Waals surface area contributed by atoms with Crippen LogP contribution in [0.5, 0.6) is 5.75 Å². The van der Waals surface area contributed by atoms with Crippen LogP contribution in [0, 0.1) is 19.8 Å². The Kier molecular flexibility index (Phi) is 5.80. The fourth-order valence-electron chi connectivity index (χ4n) is 2.19. The lowest BCUT2D eigenvalue weighted by molar-refractivity contribution is 0.315. The van der Waals surface area contributed by atoms with E-state index in [4.69, 9.17) is 22.7 Å². The average molecular weight is 279 g/mol. The van der Waals surface area contributed by atoms with Gasteiger partial charge in [0.25, 0.3) is 0 Å². The predicted octanol–water partition coefficient (Wildman–Crippen LogP) is 4.12. The summed E-state index contributed by atoms with van der Waals surface area (Å²) in [4.78, 5) is 0.580. The molecule has 0 aliphatic heterocycles. The molecule has 0 amide bonds. The van der Waals surface area contributed by atoms with Gasteiger partial charge in [-0.1, -0.05) is 39.1 Å². The molecule has 1 aromatic rings. The van der Waals surface area contributed by atoms with Gasteiger partial charge in [0.2, 0.25) is 0 Å². The summed E-state index contributed by atoms with van der Waals surface area (Å²) in [5.74, 6) is 1.52. The molecule has 0 bridgehead atoms. The molecular formula is C16H25NOS. The Morgan fingerprint density at radius 3 is 2.42 bits per heavy atom. The second kappa shape index (κ2) is 6.90. The summed E-state index contributed by atoms with van der Waals surface area (Å²) in [5.41, 5.74) is 9.49. The maximum Gasteiger partial charge on any atom is 0.122 e. The normalized spacial score (nSPS) is 13.9. The molecule has 106 valence electrons. The molecular weight excluding hydrogens is 254 g/mol. The molecule has 0 saturated heterocycles. The van der Waals surface area contributed by atoms with E-state index in [1.54, 1.807) is 0 Å². The Balaban J connectivity index is 3.04. The SMILES string of the molecule is CCCOc1cc(C)c(C(C)C(C)C(N)=S)cc1C. The van der Waals surface area contributed by atoms with Gasteiger partial charge in [-0.3, -0.25) is 0 Å². The fourth-order valence-corrected chi connectivity index (χ4v) is 2.39. The predicted molar refractivity (Wildman–Crippen MR) is 86.1 cm³/mol. The molecule has 2 N–H and O–H groups in total. The third-order valence-electron chi connectivity index (χ3n) is 3.71. The van der Waals surface area contributed by atoms with Gasteiger partial charge < -0.3 is 10.5 Å². The van der Waals surface area contributed by atoms with E-state index in [1.165, 1.54) is 16.7 Å². The van der Waals surface area contributed by atoms with Gasteiger partial charge in [0.15, 0.2) is 0 Å². The van der Waals surface area contributed by atoms with Gasteiger partial charge in [-0.25, -0.2) is 0 Å². The first-order chi connectivity index (χ1) is 8.88. The fraction of sp³-hybridized carbons (Fsp3) is 0.562. The highest BCUT2D eigenvalue weighted by Gasteiger charge is 2.19. The average Bonchev–Trinajstić information content (AvgIpc) is 2.37. The summed E-state index contributed by atoms with van der Waals surface area (Å²) in [7, 11) is 0. The van der Waals surface area contributed by atoms with E-state index < -0.39 is 0 Å². The van der Waals surface area contributed by atoms with Crippen molar-refractivity contribution in [2.45, 2.75) is 47.0 Å². The number of thiocarbonyl (C=S) groups is 1. The number of aryl methyl sites for hydroxylation is 2. The molecule has 1 rings (SSSR count). The Morgan fingerprint density at radius 1 is 1.26 bits per heavy atom. The first-order valence-corrected chi connectivity index (χ1v) is 7.32. The van der Waals surface area contributed by atoms with Crippen LogP contribution in [0.4, 0.5) is 0 Å². The Hall–Kier alpha value is -1.09. The van der Waals surface area contributed by atoms with Gasteiger partial charge in [0.05, 0.1) is 11.6 Å². The largest absolute Gasteiger partial charge is 0.493 e. The van der Waals surface area contributed by atoms with Crippen molar-refractivity contribution in [3.63, 3.8) is 0 Å². The number of rotatable bonds is 6. The highest BCUT2D eigenvalue weighted by atomic mass is 32.1. The lowest BCUT2D eigenvalue weighted by Gasteiger charge is -2.22. The number of hydrogen-bond donors (Lipinski definition) is 1. The standard InChI is InChI=1S/C16H25NOS/c1-6-7-18-15-9-10(2)14(8-11(15)3)12(4)13(5)16(17)19/h8-9,12-13H,6-7H2,1-5H3,(H2,17,19). The molecule has 0 aliphatic carbocycles. The zero-order valence-corrected chi connectivity index (χ0v) is 13.4. The summed E-state index contributed by atoms with van der Waals surface area (Å²) in [6.07, 6.45) is 1.02. The third kappa shape index (κ3) is 3.93. The number of hydrogen-bond acceptors (Lipinski definition) is 2. The van der Waals surface area contributed by atoms with Crippen LogP contribution in [0.25, 0.3) is 0 Å². The van der Waals surface area contributed by atoms with Crippen molar-refractivity contribution in [2.24, 2.45) is 11.7 Å². The van der Waals surface area contributed by atoms with E-state index >= 15 is 0 Å². The van der Waals surface area contributed by atoms with E-state index in [0.29, 0.717) is 10.9 Å². The molecule has 0 fully saturated rings. The monoisotopic (exact) mass is 279 g/mol. The molecule has 0 spiro atoms. The minimum absolute atomic E-state index is 0.204. The molecule has 0 aromatic heterocycles. The van der Waals surface area contributed by atoms with Gasteiger partial charge in [-0.05, 0) is 48.9 Å². The van der Waals surface area contributed by atoms with Gasteiger partial charge in [-0.15, -0.1) is 0 Å². The van der Waals surface area contributed by atoms with Crippen molar-refractivity contribution >= 4 is 17.2 Å². The zero-order valence-electron chi connectivity index (χ0n) is 12.6. The van der Waals surface area contributed by atoms with E-state index in [0.717, 1.165) is 18.8 Å². The molecule has 0 radical (unpaired) electrons. The van der Waals surface area contributed by atoms with Crippen molar-refractivity contribution in [1.82, 2.24) is 0 Å². The minimum Gasteiger partial charge on any atom is -0.493 e. The molecule has 0 heterocycles. The Bertz CT molecular complexity index is 456. The van der Waals surface area contributed by atoms with Crippen LogP contribution < -0.4 is 10.5 Å². The van der Waals surface area contributed by atoms with Gasteiger partial charge in [0.1, 0.15) is 5.75 Å². The molecule has 0 aliphatic rings. The van der Waals surface area contributed by atoms with Crippen LogP contribution >= 0.6 is 12.2 Å². The quantitative estimate of drug-likeness (QED) is 0.796. The van der Waals surface area contributed by atoms with Crippen molar-refractivity contribution in [3.8, 4) is 5.75 Å². The molecule has 1 aromatic carbocycles. The number of benzene rings is 1. The summed E-state index contributed by atoms with van der Waals surface area (Å²) in [6, 6.07) is 4.34.